The molecule has 2 heterocycles. The van der Waals surface area contributed by atoms with E-state index in [0.717, 1.165) is 26.2 Å². The average molecular weight is 344 g/mol. The van der Waals surface area contributed by atoms with Gasteiger partial charge < -0.3 is 9.80 Å². The molecule has 22 heavy (non-hydrogen) atoms. The number of likely N-dealkylation sites (N-methyl/N-ethyl adjacent to an activating group) is 1. The number of piperazine rings is 1. The highest BCUT2D eigenvalue weighted by Gasteiger charge is 2.47. The van der Waals surface area contributed by atoms with E-state index < -0.39 is 0 Å². The van der Waals surface area contributed by atoms with E-state index in [-0.39, 0.29) is 24.3 Å². The van der Waals surface area contributed by atoms with Crippen molar-refractivity contribution in [3.63, 3.8) is 0 Å². The molecule has 0 bridgehead atoms. The highest BCUT2D eigenvalue weighted by Crippen LogP contribution is 2.31. The maximum absolute atomic E-state index is 12.7. The highest BCUT2D eigenvalue weighted by atomic mass is 35.5. The zero-order valence-corrected chi connectivity index (χ0v) is 13.9. The Hall–Kier alpha value is -1.14. The lowest BCUT2D eigenvalue weighted by atomic mass is 10.2. The number of quaternary nitrogens is 2. The van der Waals surface area contributed by atoms with Crippen LogP contribution in [-0.4, -0.2) is 51.1 Å². The third kappa shape index (κ3) is 2.86. The summed E-state index contributed by atoms with van der Waals surface area (Å²) >= 11 is 12.0. The van der Waals surface area contributed by atoms with Crippen LogP contribution in [0.15, 0.2) is 18.2 Å². The molecule has 1 aromatic carbocycles. The van der Waals surface area contributed by atoms with Crippen LogP contribution in [0.3, 0.4) is 0 Å². The fraction of sp³-hybridized carbons (Fsp3) is 0.467. The largest absolute Gasteiger partial charge is 0.328 e. The summed E-state index contributed by atoms with van der Waals surface area (Å²) < 4.78 is 0. The summed E-state index contributed by atoms with van der Waals surface area (Å²) in [4.78, 5) is 29.0. The summed E-state index contributed by atoms with van der Waals surface area (Å²) in [5, 5.41) is 0.810. The van der Waals surface area contributed by atoms with Crippen LogP contribution in [0.1, 0.15) is 6.42 Å². The Kier molecular flexibility index (Phi) is 4.41. The zero-order chi connectivity index (χ0) is 15.9. The minimum Gasteiger partial charge on any atom is -0.328 e. The number of carbonyl (C=O) groups is 2. The van der Waals surface area contributed by atoms with Gasteiger partial charge in [0.25, 0.3) is 5.91 Å². The Balaban J connectivity index is 1.82. The first-order valence-corrected chi connectivity index (χ1v) is 8.20. The lowest BCUT2D eigenvalue weighted by Gasteiger charge is -2.30. The molecule has 2 amide bonds. The SMILES string of the molecule is C[NH+]1CC[NH+]([C@H]2CC(=O)N(c3ccc(Cl)cc3Cl)C2=O)CC1. The number of rotatable bonds is 2. The molecule has 118 valence electrons. The van der Waals surface area contributed by atoms with E-state index in [1.807, 2.05) is 0 Å². The van der Waals surface area contributed by atoms with E-state index in [9.17, 15) is 9.59 Å². The normalized spacial score (nSPS) is 29.2. The second kappa shape index (κ2) is 6.16. The molecule has 2 aliphatic heterocycles. The number of nitrogens with zero attached hydrogens (tertiary/aromatic N) is 1. The van der Waals surface area contributed by atoms with E-state index >= 15 is 0 Å². The van der Waals surface area contributed by atoms with Crippen LogP contribution in [0.2, 0.25) is 10.0 Å². The quantitative estimate of drug-likeness (QED) is 0.679. The van der Waals surface area contributed by atoms with Gasteiger partial charge in [0.1, 0.15) is 26.2 Å². The van der Waals surface area contributed by atoms with E-state index in [1.54, 1.807) is 18.2 Å². The minimum absolute atomic E-state index is 0.149. The summed E-state index contributed by atoms with van der Waals surface area (Å²) in [5.41, 5.74) is 0.433. The van der Waals surface area contributed by atoms with Gasteiger partial charge in [-0.25, -0.2) is 4.90 Å². The standard InChI is InChI=1S/C15H17Cl2N3O2/c1-18-4-6-19(7-5-18)13-9-14(21)20(15(13)22)12-3-2-10(16)8-11(12)17/h2-3,8,13H,4-7,9H2,1H3/p+2/t13-/m0/s1. The number of benzene rings is 1. The number of hydrogen-bond donors (Lipinski definition) is 2. The van der Waals surface area contributed by atoms with Gasteiger partial charge in [0.05, 0.1) is 24.2 Å². The summed E-state index contributed by atoms with van der Waals surface area (Å²) in [6.45, 7) is 3.87. The molecule has 3 rings (SSSR count). The van der Waals surface area contributed by atoms with Gasteiger partial charge in [-0.1, -0.05) is 23.2 Å². The molecule has 2 saturated heterocycles. The van der Waals surface area contributed by atoms with Gasteiger partial charge in [-0.15, -0.1) is 0 Å². The smallest absolute Gasteiger partial charge is 0.292 e. The molecule has 0 aromatic heterocycles. The number of imide groups is 1. The van der Waals surface area contributed by atoms with Crippen molar-refractivity contribution < 1.29 is 19.4 Å². The Morgan fingerprint density at radius 3 is 2.45 bits per heavy atom. The van der Waals surface area contributed by atoms with Crippen LogP contribution in [0.25, 0.3) is 0 Å². The summed E-state index contributed by atoms with van der Waals surface area (Å²) in [7, 11) is 2.15. The van der Waals surface area contributed by atoms with E-state index in [0.29, 0.717) is 15.7 Å². The number of amides is 2. The molecule has 0 spiro atoms. The molecule has 0 radical (unpaired) electrons. The predicted molar refractivity (Wildman–Crippen MR) is 84.7 cm³/mol. The Morgan fingerprint density at radius 2 is 1.82 bits per heavy atom. The van der Waals surface area contributed by atoms with Crippen LogP contribution in [0.4, 0.5) is 5.69 Å². The first-order chi connectivity index (χ1) is 10.5. The first kappa shape index (κ1) is 15.7. The Labute approximate surface area is 139 Å². The average Bonchev–Trinajstić information content (AvgIpc) is 2.76. The minimum atomic E-state index is -0.285. The molecule has 0 unspecified atom stereocenters. The zero-order valence-electron chi connectivity index (χ0n) is 12.4. The molecule has 2 fully saturated rings. The molecule has 5 nitrogen and oxygen atoms in total. The van der Waals surface area contributed by atoms with Crippen molar-refractivity contribution in [3.8, 4) is 0 Å². The maximum Gasteiger partial charge on any atom is 0.292 e. The van der Waals surface area contributed by atoms with Crippen molar-refractivity contribution in [2.24, 2.45) is 0 Å². The van der Waals surface area contributed by atoms with Gasteiger partial charge in [0.15, 0.2) is 6.04 Å². The van der Waals surface area contributed by atoms with Crippen molar-refractivity contribution in [2.75, 3.05) is 38.1 Å². The topological polar surface area (TPSA) is 46.3 Å². The van der Waals surface area contributed by atoms with Crippen LogP contribution in [-0.2, 0) is 9.59 Å². The lowest BCUT2D eigenvalue weighted by Crippen LogP contribution is -3.29. The van der Waals surface area contributed by atoms with E-state index in [4.69, 9.17) is 23.2 Å². The van der Waals surface area contributed by atoms with Crippen molar-refractivity contribution in [1.29, 1.82) is 0 Å². The van der Waals surface area contributed by atoms with Gasteiger partial charge in [0, 0.05) is 5.02 Å². The predicted octanol–water partition coefficient (Wildman–Crippen LogP) is -0.961. The van der Waals surface area contributed by atoms with Gasteiger partial charge in [-0.2, -0.15) is 0 Å². The molecular formula is C15H19Cl2N3O2+2. The Bertz CT molecular complexity index is 615. The van der Waals surface area contributed by atoms with Gasteiger partial charge >= 0.3 is 0 Å². The number of nitrogens with one attached hydrogen (secondary N) is 2. The first-order valence-electron chi connectivity index (χ1n) is 7.45. The monoisotopic (exact) mass is 343 g/mol. The molecule has 1 atom stereocenters. The molecule has 1 aromatic rings. The second-order valence-electron chi connectivity index (χ2n) is 6.04. The molecule has 2 aliphatic rings. The number of anilines is 1. The molecule has 0 aliphatic carbocycles. The third-order valence-electron chi connectivity index (χ3n) is 4.54. The van der Waals surface area contributed by atoms with Crippen molar-refractivity contribution >= 4 is 40.7 Å². The van der Waals surface area contributed by atoms with Gasteiger partial charge in [-0.3, -0.25) is 9.59 Å². The summed E-state index contributed by atoms with van der Waals surface area (Å²) in [6.07, 6.45) is 0.256. The molecule has 2 N–H and O–H groups in total. The van der Waals surface area contributed by atoms with Crippen LogP contribution >= 0.6 is 23.2 Å². The highest BCUT2D eigenvalue weighted by molar-refractivity contribution is 6.38. The number of halogens is 2. The van der Waals surface area contributed by atoms with Crippen molar-refractivity contribution in [3.05, 3.63) is 28.2 Å². The summed E-state index contributed by atoms with van der Waals surface area (Å²) in [5.74, 6) is -0.332. The third-order valence-corrected chi connectivity index (χ3v) is 5.07. The van der Waals surface area contributed by atoms with E-state index in [2.05, 4.69) is 7.05 Å². The molecule has 7 heteroatoms. The molecule has 0 saturated carbocycles. The van der Waals surface area contributed by atoms with Crippen molar-refractivity contribution in [1.82, 2.24) is 0 Å². The second-order valence-corrected chi connectivity index (χ2v) is 6.88. The van der Waals surface area contributed by atoms with Gasteiger partial charge in [0.2, 0.25) is 5.91 Å². The van der Waals surface area contributed by atoms with Crippen LogP contribution in [0, 0.1) is 0 Å². The Morgan fingerprint density at radius 1 is 1.14 bits per heavy atom. The van der Waals surface area contributed by atoms with Crippen LogP contribution in [0.5, 0.6) is 0 Å². The maximum atomic E-state index is 12.7. The lowest BCUT2D eigenvalue weighted by molar-refractivity contribution is -1.01. The van der Waals surface area contributed by atoms with E-state index in [1.165, 1.54) is 14.7 Å². The fourth-order valence-corrected chi connectivity index (χ4v) is 3.71. The fourth-order valence-electron chi connectivity index (χ4n) is 3.21. The van der Waals surface area contributed by atoms with Gasteiger partial charge in [-0.05, 0) is 18.2 Å². The molecular weight excluding hydrogens is 325 g/mol. The number of hydrogen-bond acceptors (Lipinski definition) is 2. The number of carbonyl (C=O) groups excluding carboxylic acids is 2. The summed E-state index contributed by atoms with van der Waals surface area (Å²) in [6, 6.07) is 4.54. The van der Waals surface area contributed by atoms with Crippen LogP contribution < -0.4 is 14.7 Å². The van der Waals surface area contributed by atoms with Crippen molar-refractivity contribution in [2.45, 2.75) is 12.5 Å².